The van der Waals surface area contributed by atoms with E-state index in [9.17, 15) is 4.79 Å². The number of hydrogen-bond acceptors (Lipinski definition) is 3. The molecular formula is C23H37N3O. The van der Waals surface area contributed by atoms with E-state index in [0.29, 0.717) is 6.54 Å². The fourth-order valence-electron chi connectivity index (χ4n) is 3.26. The Morgan fingerprint density at radius 2 is 2.07 bits per heavy atom. The molecule has 0 aromatic heterocycles. The van der Waals surface area contributed by atoms with E-state index in [-0.39, 0.29) is 18.0 Å². The molecule has 2 unspecified atom stereocenters. The SMILES string of the molecule is C=CC(=O)N1CC(NC(/N=C\C)=C(\C=C/CC)C(/C)=C/CCC)CCC1C. The predicted octanol–water partition coefficient (Wildman–Crippen LogP) is 5.16. The van der Waals surface area contributed by atoms with Crippen molar-refractivity contribution in [2.45, 2.75) is 78.8 Å². The molecule has 0 spiro atoms. The first kappa shape index (κ1) is 22.9. The van der Waals surface area contributed by atoms with Gasteiger partial charge in [-0.1, -0.05) is 45.1 Å². The standard InChI is InChI=1S/C23H37N3O/c1-7-11-13-18(5)21(14-12-8-2)23(24-10-4)25-20-16-15-19(6)26(17-20)22(27)9-3/h9-10,12-14,19-20,25H,3,7-8,11,15-17H2,1-2,4-6H3/b14-12-,18-13+,23-21+,24-10-. The number of likely N-dealkylation sites (tertiary alicyclic amines) is 1. The van der Waals surface area contributed by atoms with Crippen molar-refractivity contribution in [1.82, 2.24) is 10.2 Å². The maximum atomic E-state index is 12.2. The van der Waals surface area contributed by atoms with E-state index in [4.69, 9.17) is 0 Å². The zero-order valence-corrected chi connectivity index (χ0v) is 17.8. The molecule has 4 heteroatoms. The van der Waals surface area contributed by atoms with Crippen LogP contribution in [0.2, 0.25) is 0 Å². The molecule has 1 rings (SSSR count). The van der Waals surface area contributed by atoms with Crippen LogP contribution < -0.4 is 5.32 Å². The number of carbonyl (C=O) groups excluding carboxylic acids is 1. The van der Waals surface area contributed by atoms with Crippen molar-refractivity contribution < 1.29 is 4.79 Å². The van der Waals surface area contributed by atoms with Gasteiger partial charge in [0, 0.05) is 30.4 Å². The Morgan fingerprint density at radius 1 is 1.33 bits per heavy atom. The number of nitrogens with one attached hydrogen (secondary N) is 1. The summed E-state index contributed by atoms with van der Waals surface area (Å²) in [5, 5.41) is 3.61. The molecule has 1 heterocycles. The first-order valence-electron chi connectivity index (χ1n) is 10.2. The molecule has 1 aliphatic heterocycles. The van der Waals surface area contributed by atoms with Crippen LogP contribution in [0.5, 0.6) is 0 Å². The van der Waals surface area contributed by atoms with Crippen molar-refractivity contribution in [1.29, 1.82) is 0 Å². The second-order valence-electron chi connectivity index (χ2n) is 7.10. The molecule has 0 saturated carbocycles. The summed E-state index contributed by atoms with van der Waals surface area (Å²) in [4.78, 5) is 18.7. The monoisotopic (exact) mass is 371 g/mol. The second kappa shape index (κ2) is 12.3. The van der Waals surface area contributed by atoms with Crippen LogP contribution in [0.3, 0.4) is 0 Å². The zero-order valence-electron chi connectivity index (χ0n) is 17.8. The fraction of sp³-hybridized carbons (Fsp3) is 0.565. The highest BCUT2D eigenvalue weighted by atomic mass is 16.2. The number of piperidine rings is 1. The van der Waals surface area contributed by atoms with Gasteiger partial charge < -0.3 is 10.2 Å². The quantitative estimate of drug-likeness (QED) is 0.346. The largest absolute Gasteiger partial charge is 0.365 e. The van der Waals surface area contributed by atoms with Gasteiger partial charge in [0.1, 0.15) is 5.82 Å². The molecule has 4 nitrogen and oxygen atoms in total. The molecule has 1 fully saturated rings. The molecule has 0 aromatic carbocycles. The lowest BCUT2D eigenvalue weighted by Gasteiger charge is -2.38. The van der Waals surface area contributed by atoms with E-state index >= 15 is 0 Å². The molecule has 1 amide bonds. The van der Waals surface area contributed by atoms with Crippen molar-refractivity contribution in [2.75, 3.05) is 6.54 Å². The van der Waals surface area contributed by atoms with Crippen LogP contribution in [0.4, 0.5) is 0 Å². The van der Waals surface area contributed by atoms with Crippen LogP contribution in [0.25, 0.3) is 0 Å². The average Bonchev–Trinajstić information content (AvgIpc) is 2.67. The molecular weight excluding hydrogens is 334 g/mol. The van der Waals surface area contributed by atoms with Crippen LogP contribution in [0.1, 0.15) is 66.7 Å². The maximum Gasteiger partial charge on any atom is 0.246 e. The summed E-state index contributed by atoms with van der Waals surface area (Å²) in [5.41, 5.74) is 2.36. The zero-order chi connectivity index (χ0) is 20.2. The highest BCUT2D eigenvalue weighted by Crippen LogP contribution is 2.22. The molecule has 1 N–H and O–H groups in total. The van der Waals surface area contributed by atoms with Gasteiger partial charge in [-0.15, -0.1) is 0 Å². The normalized spacial score (nSPS) is 22.3. The minimum atomic E-state index is 0.00338. The van der Waals surface area contributed by atoms with Crippen LogP contribution in [-0.2, 0) is 4.79 Å². The number of allylic oxidation sites excluding steroid dienone is 5. The van der Waals surface area contributed by atoms with Crippen molar-refractivity contribution >= 4 is 12.1 Å². The van der Waals surface area contributed by atoms with Gasteiger partial charge in [0.05, 0.1) is 0 Å². The van der Waals surface area contributed by atoms with Crippen molar-refractivity contribution in [3.8, 4) is 0 Å². The first-order valence-corrected chi connectivity index (χ1v) is 10.2. The Labute approximate surface area is 165 Å². The third-order valence-corrected chi connectivity index (χ3v) is 4.88. The van der Waals surface area contributed by atoms with Crippen molar-refractivity contribution in [2.24, 2.45) is 4.99 Å². The van der Waals surface area contributed by atoms with E-state index in [1.165, 1.54) is 11.6 Å². The molecule has 0 radical (unpaired) electrons. The van der Waals surface area contributed by atoms with Gasteiger partial charge >= 0.3 is 0 Å². The first-order chi connectivity index (χ1) is 13.0. The maximum absolute atomic E-state index is 12.2. The Hall–Kier alpha value is -2.10. The van der Waals surface area contributed by atoms with Gasteiger partial charge in [0.15, 0.2) is 0 Å². The topological polar surface area (TPSA) is 44.7 Å². The Morgan fingerprint density at radius 3 is 2.67 bits per heavy atom. The number of nitrogens with zero attached hydrogens (tertiary/aromatic N) is 2. The lowest BCUT2D eigenvalue weighted by molar-refractivity contribution is -0.129. The molecule has 0 aliphatic carbocycles. The van der Waals surface area contributed by atoms with Crippen LogP contribution in [0.15, 0.2) is 52.8 Å². The highest BCUT2D eigenvalue weighted by Gasteiger charge is 2.28. The summed E-state index contributed by atoms with van der Waals surface area (Å²) in [7, 11) is 0. The summed E-state index contributed by atoms with van der Waals surface area (Å²) in [5.74, 6) is 0.890. The minimum absolute atomic E-state index is 0.00338. The lowest BCUT2D eigenvalue weighted by Crippen LogP contribution is -2.51. The third-order valence-electron chi connectivity index (χ3n) is 4.88. The number of carbonyl (C=O) groups is 1. The number of rotatable bonds is 9. The number of aliphatic imine (C=N–C) groups is 1. The van der Waals surface area contributed by atoms with E-state index in [0.717, 1.165) is 43.5 Å². The van der Waals surface area contributed by atoms with Gasteiger partial charge in [-0.3, -0.25) is 4.79 Å². The van der Waals surface area contributed by atoms with Gasteiger partial charge in [0.25, 0.3) is 0 Å². The van der Waals surface area contributed by atoms with Gasteiger partial charge in [-0.05, 0) is 58.1 Å². The Bertz CT molecular complexity index is 613. The van der Waals surface area contributed by atoms with Crippen LogP contribution >= 0.6 is 0 Å². The lowest BCUT2D eigenvalue weighted by atomic mass is 9.98. The molecule has 2 atom stereocenters. The predicted molar refractivity (Wildman–Crippen MR) is 117 cm³/mol. The third kappa shape index (κ3) is 7.20. The van der Waals surface area contributed by atoms with E-state index in [1.54, 1.807) is 0 Å². The summed E-state index contributed by atoms with van der Waals surface area (Å²) >= 11 is 0. The summed E-state index contributed by atoms with van der Waals surface area (Å²) in [6, 6.07) is 0.439. The average molecular weight is 372 g/mol. The molecule has 1 saturated heterocycles. The smallest absolute Gasteiger partial charge is 0.246 e. The molecule has 150 valence electrons. The molecule has 1 aliphatic rings. The minimum Gasteiger partial charge on any atom is -0.365 e. The van der Waals surface area contributed by atoms with Gasteiger partial charge in [-0.25, -0.2) is 4.99 Å². The number of unbranched alkanes of at least 4 members (excludes halogenated alkanes) is 1. The Kier molecular flexibility index (Phi) is 10.5. The van der Waals surface area contributed by atoms with E-state index in [1.807, 2.05) is 18.0 Å². The van der Waals surface area contributed by atoms with E-state index < -0.39 is 0 Å². The van der Waals surface area contributed by atoms with E-state index in [2.05, 4.69) is 62.8 Å². The molecule has 27 heavy (non-hydrogen) atoms. The number of hydrogen-bond donors (Lipinski definition) is 1. The van der Waals surface area contributed by atoms with Gasteiger partial charge in [-0.2, -0.15) is 0 Å². The summed E-state index contributed by atoms with van der Waals surface area (Å²) in [6.45, 7) is 14.8. The Balaban J connectivity index is 3.15. The highest BCUT2D eigenvalue weighted by molar-refractivity contribution is 5.87. The fourth-order valence-corrected chi connectivity index (χ4v) is 3.26. The van der Waals surface area contributed by atoms with Crippen molar-refractivity contribution in [3.05, 3.63) is 47.9 Å². The summed E-state index contributed by atoms with van der Waals surface area (Å²) < 4.78 is 0. The molecule has 0 aromatic rings. The van der Waals surface area contributed by atoms with Crippen LogP contribution in [0, 0.1) is 0 Å². The van der Waals surface area contributed by atoms with Gasteiger partial charge in [0.2, 0.25) is 5.91 Å². The van der Waals surface area contributed by atoms with Crippen molar-refractivity contribution in [3.63, 3.8) is 0 Å². The van der Waals surface area contributed by atoms with Crippen LogP contribution in [-0.4, -0.2) is 35.7 Å². The summed E-state index contributed by atoms with van der Waals surface area (Å²) in [6.07, 6.45) is 15.0. The number of amides is 1. The molecule has 0 bridgehead atoms. The second-order valence-corrected chi connectivity index (χ2v) is 7.10.